The van der Waals surface area contributed by atoms with Gasteiger partial charge < -0.3 is 15.4 Å². The highest BCUT2D eigenvalue weighted by Crippen LogP contribution is 2.32. The molecule has 1 rings (SSSR count). The van der Waals surface area contributed by atoms with Crippen LogP contribution in [-0.2, 0) is 9.53 Å². The van der Waals surface area contributed by atoms with E-state index in [4.69, 9.17) is 4.74 Å². The van der Waals surface area contributed by atoms with Crippen LogP contribution in [0.1, 0.15) is 40.0 Å². The van der Waals surface area contributed by atoms with Crippen LogP contribution in [0, 0.1) is 0 Å². The summed E-state index contributed by atoms with van der Waals surface area (Å²) in [6, 6.07) is 0. The van der Waals surface area contributed by atoms with Gasteiger partial charge in [-0.1, -0.05) is 0 Å². The minimum atomic E-state index is -0.703. The van der Waals surface area contributed by atoms with E-state index in [9.17, 15) is 9.59 Å². The second-order valence-corrected chi connectivity index (χ2v) is 5.52. The number of nitrogens with one attached hydrogen (secondary N) is 2. The van der Waals surface area contributed by atoms with Gasteiger partial charge in [0.05, 0.1) is 6.54 Å². The Labute approximate surface area is 102 Å². The van der Waals surface area contributed by atoms with Crippen molar-refractivity contribution in [3.05, 3.63) is 0 Å². The summed E-state index contributed by atoms with van der Waals surface area (Å²) in [5.74, 6) is 0.0251. The molecule has 0 aromatic heterocycles. The lowest BCUT2D eigenvalue weighted by Crippen LogP contribution is -2.61. The molecule has 0 aromatic rings. The number of hydrogen-bond acceptors (Lipinski definition) is 4. The third-order valence-electron chi connectivity index (χ3n) is 2.82. The molecule has 1 amide bonds. The third-order valence-corrected chi connectivity index (χ3v) is 2.82. The number of amides is 1. The first-order valence-electron chi connectivity index (χ1n) is 5.98. The maximum Gasteiger partial charge on any atom is 0.408 e. The van der Waals surface area contributed by atoms with Gasteiger partial charge in [0.15, 0.2) is 5.78 Å². The molecule has 0 saturated heterocycles. The topological polar surface area (TPSA) is 67.4 Å². The molecule has 0 heterocycles. The van der Waals surface area contributed by atoms with Crippen LogP contribution in [0.4, 0.5) is 4.79 Å². The number of carbonyl (C=O) groups excluding carboxylic acids is 2. The Morgan fingerprint density at radius 2 is 1.88 bits per heavy atom. The molecule has 98 valence electrons. The molecule has 1 aliphatic rings. The van der Waals surface area contributed by atoms with Crippen LogP contribution in [0.15, 0.2) is 0 Å². The second-order valence-electron chi connectivity index (χ2n) is 5.52. The number of ketones is 1. The first kappa shape index (κ1) is 14.0. The molecule has 5 nitrogen and oxygen atoms in total. The van der Waals surface area contributed by atoms with Crippen LogP contribution in [0.3, 0.4) is 0 Å². The van der Waals surface area contributed by atoms with E-state index < -0.39 is 17.2 Å². The van der Waals surface area contributed by atoms with Gasteiger partial charge in [-0.3, -0.25) is 4.79 Å². The summed E-state index contributed by atoms with van der Waals surface area (Å²) in [5.41, 5.74) is -1.24. The van der Waals surface area contributed by atoms with E-state index in [0.717, 1.165) is 6.42 Å². The molecule has 5 heteroatoms. The van der Waals surface area contributed by atoms with Crippen LogP contribution >= 0.6 is 0 Å². The van der Waals surface area contributed by atoms with Gasteiger partial charge in [-0.05, 0) is 47.1 Å². The van der Waals surface area contributed by atoms with Gasteiger partial charge in [-0.25, -0.2) is 4.79 Å². The van der Waals surface area contributed by atoms with E-state index in [1.807, 2.05) is 0 Å². The van der Waals surface area contributed by atoms with Crippen LogP contribution in [0.25, 0.3) is 0 Å². The molecular formula is C12H22N2O3. The first-order chi connectivity index (χ1) is 7.79. The lowest BCUT2D eigenvalue weighted by Gasteiger charge is -2.41. The van der Waals surface area contributed by atoms with Crippen molar-refractivity contribution < 1.29 is 14.3 Å². The zero-order valence-electron chi connectivity index (χ0n) is 11.1. The van der Waals surface area contributed by atoms with Crippen molar-refractivity contribution >= 4 is 11.9 Å². The summed E-state index contributed by atoms with van der Waals surface area (Å²) in [4.78, 5) is 23.6. The zero-order valence-corrected chi connectivity index (χ0v) is 11.1. The number of hydrogen-bond donors (Lipinski definition) is 2. The fourth-order valence-corrected chi connectivity index (χ4v) is 1.83. The van der Waals surface area contributed by atoms with Crippen molar-refractivity contribution in [2.75, 3.05) is 13.6 Å². The molecule has 0 radical (unpaired) electrons. The van der Waals surface area contributed by atoms with Gasteiger partial charge in [-0.15, -0.1) is 0 Å². The van der Waals surface area contributed by atoms with Crippen molar-refractivity contribution in [1.82, 2.24) is 10.6 Å². The summed E-state index contributed by atoms with van der Waals surface area (Å²) in [7, 11) is 1.72. The van der Waals surface area contributed by atoms with Gasteiger partial charge in [0.2, 0.25) is 0 Å². The number of alkyl carbamates (subject to hydrolysis) is 1. The van der Waals surface area contributed by atoms with E-state index in [2.05, 4.69) is 10.6 Å². The normalized spacial score (nSPS) is 18.1. The summed E-state index contributed by atoms with van der Waals surface area (Å²) < 4.78 is 5.17. The number of ether oxygens (including phenoxy) is 1. The number of Topliss-reactive ketones (excluding diaryl/α,β-unsaturated/α-hetero) is 1. The Morgan fingerprint density at radius 1 is 1.29 bits per heavy atom. The van der Waals surface area contributed by atoms with Crippen LogP contribution < -0.4 is 10.6 Å². The van der Waals surface area contributed by atoms with E-state index in [1.165, 1.54) is 0 Å². The maximum absolute atomic E-state index is 11.9. The molecule has 17 heavy (non-hydrogen) atoms. The predicted molar refractivity (Wildman–Crippen MR) is 64.9 cm³/mol. The van der Waals surface area contributed by atoms with Crippen molar-refractivity contribution in [2.24, 2.45) is 0 Å². The van der Waals surface area contributed by atoms with Crippen LogP contribution in [-0.4, -0.2) is 36.6 Å². The second kappa shape index (κ2) is 5.04. The van der Waals surface area contributed by atoms with E-state index in [-0.39, 0.29) is 12.3 Å². The molecular weight excluding hydrogens is 220 g/mol. The molecule has 0 atom stereocenters. The van der Waals surface area contributed by atoms with Crippen molar-refractivity contribution in [3.8, 4) is 0 Å². The molecule has 0 spiro atoms. The zero-order chi connectivity index (χ0) is 13.1. The number of likely N-dealkylation sites (N-methyl/N-ethyl adjacent to an activating group) is 1. The quantitative estimate of drug-likeness (QED) is 0.778. The summed E-state index contributed by atoms with van der Waals surface area (Å²) in [6.07, 6.45) is 1.85. The van der Waals surface area contributed by atoms with Crippen molar-refractivity contribution in [1.29, 1.82) is 0 Å². The Balaban J connectivity index is 2.58. The van der Waals surface area contributed by atoms with Crippen LogP contribution in [0.5, 0.6) is 0 Å². The van der Waals surface area contributed by atoms with Crippen molar-refractivity contribution in [2.45, 2.75) is 51.2 Å². The van der Waals surface area contributed by atoms with Gasteiger partial charge >= 0.3 is 6.09 Å². The van der Waals surface area contributed by atoms with Crippen LogP contribution in [0.2, 0.25) is 0 Å². The molecule has 0 bridgehead atoms. The molecule has 0 unspecified atom stereocenters. The largest absolute Gasteiger partial charge is 0.444 e. The highest BCUT2D eigenvalue weighted by Gasteiger charge is 2.45. The molecule has 1 saturated carbocycles. The minimum Gasteiger partial charge on any atom is -0.444 e. The predicted octanol–water partition coefficient (Wildman–Crippen LogP) is 1.22. The average Bonchev–Trinajstić information content (AvgIpc) is 2.08. The molecule has 0 aromatic carbocycles. The van der Waals surface area contributed by atoms with E-state index >= 15 is 0 Å². The Morgan fingerprint density at radius 3 is 2.24 bits per heavy atom. The Bertz CT molecular complexity index is 303. The van der Waals surface area contributed by atoms with Gasteiger partial charge in [0.25, 0.3) is 0 Å². The number of rotatable bonds is 4. The monoisotopic (exact) mass is 242 g/mol. The van der Waals surface area contributed by atoms with Gasteiger partial charge in [-0.2, -0.15) is 0 Å². The highest BCUT2D eigenvalue weighted by molar-refractivity contribution is 5.94. The summed E-state index contributed by atoms with van der Waals surface area (Å²) in [6.45, 7) is 5.68. The highest BCUT2D eigenvalue weighted by atomic mass is 16.6. The van der Waals surface area contributed by atoms with E-state index in [1.54, 1.807) is 27.8 Å². The fourth-order valence-electron chi connectivity index (χ4n) is 1.83. The maximum atomic E-state index is 11.9. The van der Waals surface area contributed by atoms with E-state index in [0.29, 0.717) is 12.8 Å². The van der Waals surface area contributed by atoms with Gasteiger partial charge in [0.1, 0.15) is 11.1 Å². The Hall–Kier alpha value is -1.10. The summed E-state index contributed by atoms with van der Waals surface area (Å²) >= 11 is 0. The summed E-state index contributed by atoms with van der Waals surface area (Å²) in [5, 5.41) is 5.54. The molecule has 1 fully saturated rings. The average molecular weight is 242 g/mol. The van der Waals surface area contributed by atoms with Gasteiger partial charge in [0, 0.05) is 0 Å². The molecule has 1 aliphatic carbocycles. The molecule has 0 aliphatic heterocycles. The number of carbonyl (C=O) groups is 2. The lowest BCUT2D eigenvalue weighted by molar-refractivity contribution is -0.127. The SMILES string of the molecule is CNCC(=O)C1(NC(=O)OC(C)(C)C)CCC1. The first-order valence-corrected chi connectivity index (χ1v) is 5.98. The Kier molecular flexibility index (Phi) is 4.14. The smallest absolute Gasteiger partial charge is 0.408 e. The third kappa shape index (κ3) is 3.70. The lowest BCUT2D eigenvalue weighted by atomic mass is 9.73. The minimum absolute atomic E-state index is 0.0251. The fraction of sp³-hybridized carbons (Fsp3) is 0.833. The van der Waals surface area contributed by atoms with Crippen molar-refractivity contribution in [3.63, 3.8) is 0 Å². The molecule has 2 N–H and O–H groups in total. The standard InChI is InChI=1S/C12H22N2O3/c1-11(2,3)17-10(16)14-12(6-5-7-12)9(15)8-13-4/h13H,5-8H2,1-4H3,(H,14,16).